The van der Waals surface area contributed by atoms with Gasteiger partial charge in [-0.25, -0.2) is 0 Å². The first-order valence-electron chi connectivity index (χ1n) is 7.54. The summed E-state index contributed by atoms with van der Waals surface area (Å²) in [5.74, 6) is 0. The molecule has 18 heavy (non-hydrogen) atoms. The van der Waals surface area contributed by atoms with Gasteiger partial charge in [-0.15, -0.1) is 0 Å². The summed E-state index contributed by atoms with van der Waals surface area (Å²) >= 11 is 0. The quantitative estimate of drug-likeness (QED) is 0.750. The maximum atomic E-state index is 6.20. The van der Waals surface area contributed by atoms with Crippen LogP contribution < -0.4 is 5.73 Å². The highest BCUT2D eigenvalue weighted by atomic mass is 14.6. The van der Waals surface area contributed by atoms with Gasteiger partial charge in [0, 0.05) is 6.04 Å². The van der Waals surface area contributed by atoms with E-state index in [0.29, 0.717) is 0 Å². The highest BCUT2D eigenvalue weighted by molar-refractivity contribution is 5.41. The Hall–Kier alpha value is -0.820. The fourth-order valence-corrected chi connectivity index (χ4v) is 2.82. The van der Waals surface area contributed by atoms with E-state index in [1.807, 2.05) is 0 Å². The predicted octanol–water partition coefficient (Wildman–Crippen LogP) is 4.56. The molecule has 0 fully saturated rings. The molecule has 0 spiro atoms. The molecule has 0 heterocycles. The third-order valence-electron chi connectivity index (χ3n) is 3.44. The molecule has 102 valence electrons. The third-order valence-corrected chi connectivity index (χ3v) is 3.44. The van der Waals surface area contributed by atoms with Gasteiger partial charge in [-0.3, -0.25) is 0 Å². The molecule has 0 unspecified atom stereocenters. The van der Waals surface area contributed by atoms with Crippen molar-refractivity contribution >= 4 is 0 Å². The van der Waals surface area contributed by atoms with E-state index in [0.717, 1.165) is 12.8 Å². The van der Waals surface area contributed by atoms with Crippen molar-refractivity contribution in [2.75, 3.05) is 0 Å². The van der Waals surface area contributed by atoms with Gasteiger partial charge >= 0.3 is 0 Å². The Morgan fingerprint density at radius 3 is 1.67 bits per heavy atom. The van der Waals surface area contributed by atoms with Crippen molar-refractivity contribution in [3.05, 3.63) is 34.4 Å². The summed E-state index contributed by atoms with van der Waals surface area (Å²) < 4.78 is 0. The van der Waals surface area contributed by atoms with Crippen molar-refractivity contribution < 1.29 is 0 Å². The molecule has 1 aromatic carbocycles. The molecule has 1 rings (SSSR count). The van der Waals surface area contributed by atoms with Gasteiger partial charge in [0.15, 0.2) is 0 Å². The maximum absolute atomic E-state index is 6.20. The number of hydrogen-bond donors (Lipinski definition) is 1. The van der Waals surface area contributed by atoms with E-state index in [-0.39, 0.29) is 6.04 Å². The summed E-state index contributed by atoms with van der Waals surface area (Å²) in [6.07, 6.45) is 7.11. The normalized spacial score (nSPS) is 12.7. The van der Waals surface area contributed by atoms with Crippen LogP contribution in [0, 0.1) is 0 Å². The molecule has 1 aromatic rings. The topological polar surface area (TPSA) is 26.0 Å². The number of hydrogen-bond acceptors (Lipinski definition) is 1. The summed E-state index contributed by atoms with van der Waals surface area (Å²) in [7, 11) is 0. The maximum Gasteiger partial charge on any atom is 0.0271 e. The lowest BCUT2D eigenvalue weighted by Gasteiger charge is -2.19. The standard InChI is InChI=1S/C17H29N/c1-5-8-14-11-15(9-6-2)17(13(4)18)16(12-14)10-7-3/h11-13H,5-10,18H2,1-4H3/t13-/m0/s1. The summed E-state index contributed by atoms with van der Waals surface area (Å²) in [6.45, 7) is 8.86. The molecular weight excluding hydrogens is 218 g/mol. The van der Waals surface area contributed by atoms with E-state index in [1.54, 1.807) is 0 Å². The molecule has 1 heteroatoms. The summed E-state index contributed by atoms with van der Waals surface area (Å²) in [5, 5.41) is 0. The summed E-state index contributed by atoms with van der Waals surface area (Å²) in [6, 6.07) is 4.94. The highest BCUT2D eigenvalue weighted by Gasteiger charge is 2.13. The third kappa shape index (κ3) is 3.84. The number of aryl methyl sites for hydroxylation is 3. The Labute approximate surface area is 113 Å². The molecule has 2 N–H and O–H groups in total. The van der Waals surface area contributed by atoms with Crippen LogP contribution >= 0.6 is 0 Å². The van der Waals surface area contributed by atoms with Gasteiger partial charge in [0.25, 0.3) is 0 Å². The molecule has 0 saturated heterocycles. The predicted molar refractivity (Wildman–Crippen MR) is 81.0 cm³/mol. The highest BCUT2D eigenvalue weighted by Crippen LogP contribution is 2.26. The molecule has 0 aliphatic rings. The lowest BCUT2D eigenvalue weighted by molar-refractivity contribution is 0.755. The van der Waals surface area contributed by atoms with E-state index >= 15 is 0 Å². The number of nitrogens with two attached hydrogens (primary N) is 1. The second-order valence-electron chi connectivity index (χ2n) is 5.37. The lowest BCUT2D eigenvalue weighted by atomic mass is 9.88. The molecule has 0 radical (unpaired) electrons. The van der Waals surface area contributed by atoms with Crippen LogP contribution in [-0.2, 0) is 19.3 Å². The molecule has 1 nitrogen and oxygen atoms in total. The van der Waals surface area contributed by atoms with Crippen molar-refractivity contribution in [3.63, 3.8) is 0 Å². The fourth-order valence-electron chi connectivity index (χ4n) is 2.82. The SMILES string of the molecule is CCCc1cc(CCC)c([C@H](C)N)c(CCC)c1. The number of rotatable bonds is 7. The van der Waals surface area contributed by atoms with Crippen molar-refractivity contribution in [2.24, 2.45) is 5.73 Å². The molecule has 0 aliphatic carbocycles. The average molecular weight is 247 g/mol. The fraction of sp³-hybridized carbons (Fsp3) is 0.647. The Kier molecular flexibility index (Phi) is 6.42. The van der Waals surface area contributed by atoms with Crippen LogP contribution in [0.25, 0.3) is 0 Å². The number of benzene rings is 1. The van der Waals surface area contributed by atoms with Crippen LogP contribution in [-0.4, -0.2) is 0 Å². The first-order chi connectivity index (χ1) is 8.63. The molecule has 0 amide bonds. The Morgan fingerprint density at radius 2 is 1.33 bits per heavy atom. The van der Waals surface area contributed by atoms with Gasteiger partial charge in [-0.1, -0.05) is 52.2 Å². The molecular formula is C17H29N. The van der Waals surface area contributed by atoms with Crippen molar-refractivity contribution in [3.8, 4) is 0 Å². The average Bonchev–Trinajstić information content (AvgIpc) is 2.29. The van der Waals surface area contributed by atoms with Crippen LogP contribution in [0.5, 0.6) is 0 Å². The zero-order valence-corrected chi connectivity index (χ0v) is 12.6. The minimum absolute atomic E-state index is 0.156. The Bertz CT molecular complexity index is 339. The molecule has 0 bridgehead atoms. The van der Waals surface area contributed by atoms with E-state index in [2.05, 4.69) is 39.8 Å². The minimum atomic E-state index is 0.156. The monoisotopic (exact) mass is 247 g/mol. The second kappa shape index (κ2) is 7.58. The Morgan fingerprint density at radius 1 is 0.889 bits per heavy atom. The van der Waals surface area contributed by atoms with E-state index in [9.17, 15) is 0 Å². The van der Waals surface area contributed by atoms with Gasteiger partial charge < -0.3 is 5.73 Å². The molecule has 1 atom stereocenters. The molecule has 0 saturated carbocycles. The van der Waals surface area contributed by atoms with Gasteiger partial charge in [0.05, 0.1) is 0 Å². The van der Waals surface area contributed by atoms with Gasteiger partial charge in [0.2, 0.25) is 0 Å². The first-order valence-corrected chi connectivity index (χ1v) is 7.54. The van der Waals surface area contributed by atoms with Crippen molar-refractivity contribution in [2.45, 2.75) is 72.3 Å². The van der Waals surface area contributed by atoms with Gasteiger partial charge in [-0.2, -0.15) is 0 Å². The second-order valence-corrected chi connectivity index (χ2v) is 5.37. The van der Waals surface area contributed by atoms with Gasteiger partial charge in [0.1, 0.15) is 0 Å². The van der Waals surface area contributed by atoms with Crippen LogP contribution in [0.4, 0.5) is 0 Å². The Balaban J connectivity index is 3.24. The van der Waals surface area contributed by atoms with Crippen molar-refractivity contribution in [1.29, 1.82) is 0 Å². The lowest BCUT2D eigenvalue weighted by Crippen LogP contribution is -2.13. The van der Waals surface area contributed by atoms with Gasteiger partial charge in [-0.05, 0) is 48.4 Å². The van der Waals surface area contributed by atoms with Crippen LogP contribution in [0.2, 0.25) is 0 Å². The smallest absolute Gasteiger partial charge is 0.0271 e. The van der Waals surface area contributed by atoms with Crippen LogP contribution in [0.15, 0.2) is 12.1 Å². The van der Waals surface area contributed by atoms with Crippen molar-refractivity contribution in [1.82, 2.24) is 0 Å². The minimum Gasteiger partial charge on any atom is -0.324 e. The van der Waals surface area contributed by atoms with E-state index in [4.69, 9.17) is 5.73 Å². The summed E-state index contributed by atoms with van der Waals surface area (Å²) in [4.78, 5) is 0. The van der Waals surface area contributed by atoms with E-state index < -0.39 is 0 Å². The van der Waals surface area contributed by atoms with Crippen LogP contribution in [0.1, 0.15) is 75.3 Å². The van der Waals surface area contributed by atoms with Crippen LogP contribution in [0.3, 0.4) is 0 Å². The molecule has 0 aromatic heterocycles. The zero-order valence-electron chi connectivity index (χ0n) is 12.6. The summed E-state index contributed by atoms with van der Waals surface area (Å²) in [5.41, 5.74) is 12.1. The zero-order chi connectivity index (χ0) is 13.5. The molecule has 0 aliphatic heterocycles. The van der Waals surface area contributed by atoms with E-state index in [1.165, 1.54) is 47.9 Å². The largest absolute Gasteiger partial charge is 0.324 e. The first kappa shape index (κ1) is 15.2.